The van der Waals surface area contributed by atoms with Crippen LogP contribution in [0.1, 0.15) is 28.4 Å². The van der Waals surface area contributed by atoms with E-state index >= 15 is 0 Å². The molecule has 0 amide bonds. The lowest BCUT2D eigenvalue weighted by Crippen LogP contribution is -2.10. The highest BCUT2D eigenvalue weighted by Gasteiger charge is 2.22. The van der Waals surface area contributed by atoms with E-state index in [-0.39, 0.29) is 6.10 Å². The van der Waals surface area contributed by atoms with Crippen LogP contribution in [0.15, 0.2) is 42.5 Å². The van der Waals surface area contributed by atoms with Gasteiger partial charge in [0.25, 0.3) is 0 Å². The van der Waals surface area contributed by atoms with E-state index in [1.807, 2.05) is 30.3 Å². The van der Waals surface area contributed by atoms with Gasteiger partial charge in [0.05, 0.1) is 6.61 Å². The van der Waals surface area contributed by atoms with Gasteiger partial charge in [-0.2, -0.15) is 0 Å². The molecule has 0 aliphatic heterocycles. The van der Waals surface area contributed by atoms with Gasteiger partial charge in [-0.3, -0.25) is 0 Å². The smallest absolute Gasteiger partial charge is 0.109 e. The Bertz CT molecular complexity index is 651. The molecule has 1 unspecified atom stereocenters. The van der Waals surface area contributed by atoms with Crippen LogP contribution in [0, 0.1) is 0 Å². The van der Waals surface area contributed by atoms with Crippen molar-refractivity contribution in [2.45, 2.75) is 6.10 Å². The first kappa shape index (κ1) is 13.9. The minimum Gasteiger partial charge on any atom is -0.368 e. The summed E-state index contributed by atoms with van der Waals surface area (Å²) >= 11 is 9.59. The van der Waals surface area contributed by atoms with Crippen molar-refractivity contribution in [3.8, 4) is 0 Å². The summed E-state index contributed by atoms with van der Waals surface area (Å²) in [5, 5.41) is 1.55. The predicted molar refractivity (Wildman–Crippen MR) is 88.4 cm³/mol. The third-order valence-electron chi connectivity index (χ3n) is 3.41. The molecule has 2 aromatic rings. The molecule has 3 rings (SSSR count). The highest BCUT2D eigenvalue weighted by Crippen LogP contribution is 2.36. The monoisotopic (exact) mass is 348 g/mol. The Morgan fingerprint density at radius 2 is 1.75 bits per heavy atom. The third kappa shape index (κ3) is 2.69. The lowest BCUT2D eigenvalue weighted by Gasteiger charge is -2.20. The van der Waals surface area contributed by atoms with Crippen molar-refractivity contribution >= 4 is 39.7 Å². The topological polar surface area (TPSA) is 9.23 Å². The van der Waals surface area contributed by atoms with Crippen LogP contribution in [0.3, 0.4) is 0 Å². The van der Waals surface area contributed by atoms with Crippen LogP contribution in [0.4, 0.5) is 0 Å². The first-order valence-corrected chi connectivity index (χ1v) is 8.03. The van der Waals surface area contributed by atoms with E-state index in [9.17, 15) is 0 Å². The Morgan fingerprint density at radius 3 is 2.55 bits per heavy atom. The summed E-state index contributed by atoms with van der Waals surface area (Å²) < 4.78 is 6.07. The minimum absolute atomic E-state index is 0.0764. The van der Waals surface area contributed by atoms with Gasteiger partial charge >= 0.3 is 0 Å². The summed E-state index contributed by atoms with van der Waals surface area (Å²) in [6.45, 7) is 0.658. The zero-order valence-electron chi connectivity index (χ0n) is 10.9. The van der Waals surface area contributed by atoms with Crippen molar-refractivity contribution in [2.75, 3.05) is 11.9 Å². The Hall–Kier alpha value is -1.09. The number of benzene rings is 2. The lowest BCUT2D eigenvalue weighted by atomic mass is 9.96. The van der Waals surface area contributed by atoms with E-state index in [4.69, 9.17) is 16.3 Å². The average Bonchev–Trinajstić information content (AvgIpc) is 2.62. The van der Waals surface area contributed by atoms with E-state index in [0.29, 0.717) is 6.61 Å². The van der Waals surface area contributed by atoms with Crippen LogP contribution in [0.25, 0.3) is 12.2 Å². The largest absolute Gasteiger partial charge is 0.368 e. The van der Waals surface area contributed by atoms with Crippen LogP contribution in [-0.4, -0.2) is 11.9 Å². The van der Waals surface area contributed by atoms with E-state index in [1.165, 1.54) is 11.1 Å². The first-order chi connectivity index (χ1) is 9.79. The zero-order chi connectivity index (χ0) is 13.9. The molecular weight excluding hydrogens is 336 g/mol. The lowest BCUT2D eigenvalue weighted by molar-refractivity contribution is 0.0939. The Kier molecular flexibility index (Phi) is 4.25. The molecule has 0 radical (unpaired) electrons. The summed E-state index contributed by atoms with van der Waals surface area (Å²) in [5.41, 5.74) is 4.66. The molecule has 20 heavy (non-hydrogen) atoms. The second-order valence-electron chi connectivity index (χ2n) is 4.68. The van der Waals surface area contributed by atoms with Crippen molar-refractivity contribution in [1.82, 2.24) is 0 Å². The molecule has 1 aliphatic carbocycles. The van der Waals surface area contributed by atoms with Gasteiger partial charge in [-0.05, 0) is 34.4 Å². The molecule has 102 valence electrons. The van der Waals surface area contributed by atoms with Crippen molar-refractivity contribution < 1.29 is 4.74 Å². The summed E-state index contributed by atoms with van der Waals surface area (Å²) in [6, 6.07) is 14.3. The van der Waals surface area contributed by atoms with Gasteiger partial charge in [0.15, 0.2) is 0 Å². The van der Waals surface area contributed by atoms with Crippen molar-refractivity contribution in [1.29, 1.82) is 0 Å². The number of alkyl halides is 1. The second kappa shape index (κ2) is 6.13. The van der Waals surface area contributed by atoms with Crippen LogP contribution in [0.5, 0.6) is 0 Å². The maximum atomic E-state index is 6.17. The predicted octanol–water partition coefficient (Wildman–Crippen LogP) is 5.32. The van der Waals surface area contributed by atoms with Crippen LogP contribution in [-0.2, 0) is 4.74 Å². The minimum atomic E-state index is -0.0764. The number of fused-ring (bicyclic) bond motifs is 2. The SMILES string of the molecule is Clc1ccc2c(c1)C(OCCBr)c1ccccc1C=C2. The van der Waals surface area contributed by atoms with Crippen molar-refractivity contribution in [3.63, 3.8) is 0 Å². The molecular formula is C17H14BrClO. The molecule has 0 N–H and O–H groups in total. The first-order valence-electron chi connectivity index (χ1n) is 6.53. The molecule has 3 heteroatoms. The van der Waals surface area contributed by atoms with Crippen LogP contribution >= 0.6 is 27.5 Å². The summed E-state index contributed by atoms with van der Waals surface area (Å²) in [5.74, 6) is 0. The van der Waals surface area contributed by atoms with Gasteiger partial charge < -0.3 is 4.74 Å². The summed E-state index contributed by atoms with van der Waals surface area (Å²) in [6.07, 6.45) is 4.19. The molecule has 1 nitrogen and oxygen atoms in total. The fourth-order valence-electron chi connectivity index (χ4n) is 2.51. The van der Waals surface area contributed by atoms with Gasteiger partial charge in [0.1, 0.15) is 6.10 Å². The summed E-state index contributed by atoms with van der Waals surface area (Å²) in [7, 11) is 0. The Morgan fingerprint density at radius 1 is 1.00 bits per heavy atom. The molecule has 0 spiro atoms. The van der Waals surface area contributed by atoms with E-state index in [1.54, 1.807) is 0 Å². The van der Waals surface area contributed by atoms with Gasteiger partial charge in [0.2, 0.25) is 0 Å². The molecule has 2 aromatic carbocycles. The Labute approximate surface area is 132 Å². The molecule has 0 heterocycles. The van der Waals surface area contributed by atoms with E-state index in [0.717, 1.165) is 21.5 Å². The second-order valence-corrected chi connectivity index (χ2v) is 5.90. The number of rotatable bonds is 3. The molecule has 1 aliphatic rings. The van der Waals surface area contributed by atoms with Gasteiger partial charge in [-0.25, -0.2) is 0 Å². The molecule has 0 bridgehead atoms. The highest BCUT2D eigenvalue weighted by molar-refractivity contribution is 9.09. The highest BCUT2D eigenvalue weighted by atomic mass is 79.9. The van der Waals surface area contributed by atoms with E-state index < -0.39 is 0 Å². The fraction of sp³-hybridized carbons (Fsp3) is 0.176. The quantitative estimate of drug-likeness (QED) is 0.681. The van der Waals surface area contributed by atoms with Gasteiger partial charge in [0, 0.05) is 10.4 Å². The van der Waals surface area contributed by atoms with Gasteiger partial charge in [-0.1, -0.05) is 70.0 Å². The Balaban J connectivity index is 2.15. The van der Waals surface area contributed by atoms with Gasteiger partial charge in [-0.15, -0.1) is 0 Å². The number of ether oxygens (including phenoxy) is 1. The molecule has 0 saturated heterocycles. The maximum Gasteiger partial charge on any atom is 0.109 e. The van der Waals surface area contributed by atoms with Crippen molar-refractivity contribution in [2.24, 2.45) is 0 Å². The molecule has 0 aromatic heterocycles. The molecule has 0 fully saturated rings. The zero-order valence-corrected chi connectivity index (χ0v) is 13.2. The molecule has 0 saturated carbocycles. The third-order valence-corrected chi connectivity index (χ3v) is 3.97. The summed E-state index contributed by atoms with van der Waals surface area (Å²) in [4.78, 5) is 0. The molecule has 1 atom stereocenters. The van der Waals surface area contributed by atoms with Crippen LogP contribution < -0.4 is 0 Å². The van der Waals surface area contributed by atoms with Crippen LogP contribution in [0.2, 0.25) is 5.02 Å². The maximum absolute atomic E-state index is 6.17. The normalized spacial score (nSPS) is 16.4. The fourth-order valence-corrected chi connectivity index (χ4v) is 2.88. The number of hydrogen-bond donors (Lipinski definition) is 0. The average molecular weight is 350 g/mol. The van der Waals surface area contributed by atoms with Crippen molar-refractivity contribution in [3.05, 3.63) is 69.7 Å². The number of halogens is 2. The van der Waals surface area contributed by atoms with E-state index in [2.05, 4.69) is 40.2 Å². The standard InChI is InChI=1S/C17H14BrClO/c18-9-10-20-17-15-4-2-1-3-12(15)5-6-13-7-8-14(19)11-16(13)17/h1-8,11,17H,9-10H2. The number of hydrogen-bond acceptors (Lipinski definition) is 1.